The molecule has 1 aliphatic heterocycles. The summed E-state index contributed by atoms with van der Waals surface area (Å²) < 4.78 is 16.2. The molecule has 4 atom stereocenters. The number of carbonyl (C=O) groups excluding carboxylic acids is 5. The maximum Gasteiger partial charge on any atom is 0.408 e. The summed E-state index contributed by atoms with van der Waals surface area (Å²) in [4.78, 5) is 68.1. The largest absolute Gasteiger partial charge is 0.467 e. The van der Waals surface area contributed by atoms with Crippen molar-refractivity contribution in [3.05, 3.63) is 108 Å². The van der Waals surface area contributed by atoms with E-state index < -0.39 is 47.7 Å². The van der Waals surface area contributed by atoms with E-state index in [1.807, 2.05) is 66.7 Å². The average Bonchev–Trinajstić information content (AvgIpc) is 3.82. The maximum absolute atomic E-state index is 14.4. The number of amides is 4. The van der Waals surface area contributed by atoms with Crippen LogP contribution in [0, 0.1) is 11.8 Å². The zero-order valence-corrected chi connectivity index (χ0v) is 35.2. The van der Waals surface area contributed by atoms with Crippen molar-refractivity contribution < 1.29 is 38.2 Å². The van der Waals surface area contributed by atoms with Crippen LogP contribution in [0.1, 0.15) is 89.3 Å². The first kappa shape index (κ1) is 44.5. The Hall–Kier alpha value is -5.65. The highest BCUT2D eigenvalue weighted by atomic mass is 16.6. The van der Waals surface area contributed by atoms with Crippen LogP contribution in [-0.4, -0.2) is 85.4 Å². The minimum atomic E-state index is -0.981. The lowest BCUT2D eigenvalue weighted by Gasteiger charge is -2.29. The summed E-state index contributed by atoms with van der Waals surface area (Å²) in [6.07, 6.45) is 5.21. The van der Waals surface area contributed by atoms with Gasteiger partial charge in [-0.05, 0) is 93.0 Å². The van der Waals surface area contributed by atoms with Crippen molar-refractivity contribution in [3.8, 4) is 11.1 Å². The van der Waals surface area contributed by atoms with E-state index in [1.54, 1.807) is 25.7 Å². The van der Waals surface area contributed by atoms with Gasteiger partial charge >= 0.3 is 18.2 Å². The first-order chi connectivity index (χ1) is 28.2. The third-order valence-electron chi connectivity index (χ3n) is 10.5. The standard InChI is InChI=1S/C47H60N4O8/c1-31(2)28-34(49-46(56)59-47(3,4)5)25-24-33(29-32-16-8-7-9-17-32)43(53)51-27-15-23-41(51)42(52)50-40(44(54)57-6)22-14-26-48-45(55)58-30-39-37-20-12-10-18-35(37)36-19-11-13-21-38(36)39/h7-13,16-21,24-25,31,33-34,39-41H,14-15,22-23,26-30H2,1-6H3,(H,48,55)(H,49,56)(H,50,52)/b25-24+/t33-,34-,40?,41?/m1/s1. The van der Waals surface area contributed by atoms with Crippen molar-refractivity contribution in [1.82, 2.24) is 20.9 Å². The van der Waals surface area contributed by atoms with E-state index in [9.17, 15) is 24.0 Å². The van der Waals surface area contributed by atoms with Gasteiger partial charge in [-0.25, -0.2) is 14.4 Å². The number of nitrogens with zero attached hydrogens (tertiary/aromatic N) is 1. The minimum Gasteiger partial charge on any atom is -0.467 e. The van der Waals surface area contributed by atoms with E-state index >= 15 is 0 Å². The first-order valence-corrected chi connectivity index (χ1v) is 20.7. The molecule has 2 unspecified atom stereocenters. The molecule has 1 fully saturated rings. The third-order valence-corrected chi connectivity index (χ3v) is 10.5. The molecule has 0 aromatic heterocycles. The highest BCUT2D eigenvalue weighted by Crippen LogP contribution is 2.44. The summed E-state index contributed by atoms with van der Waals surface area (Å²) in [5, 5.41) is 8.54. The molecular formula is C47H60N4O8. The van der Waals surface area contributed by atoms with Crippen molar-refractivity contribution in [2.24, 2.45) is 11.8 Å². The molecule has 0 bridgehead atoms. The zero-order valence-electron chi connectivity index (χ0n) is 35.2. The van der Waals surface area contributed by atoms with E-state index in [2.05, 4.69) is 54.1 Å². The Morgan fingerprint density at radius 2 is 1.49 bits per heavy atom. The second-order valence-corrected chi connectivity index (χ2v) is 16.7. The van der Waals surface area contributed by atoms with Gasteiger partial charge in [-0.15, -0.1) is 0 Å². The Kier molecular flexibility index (Phi) is 15.7. The van der Waals surface area contributed by atoms with Crippen molar-refractivity contribution >= 4 is 30.0 Å². The average molecular weight is 809 g/mol. The van der Waals surface area contributed by atoms with Gasteiger partial charge in [-0.1, -0.05) is 105 Å². The molecule has 3 aromatic rings. The summed E-state index contributed by atoms with van der Waals surface area (Å²) >= 11 is 0. The van der Waals surface area contributed by atoms with Gasteiger partial charge in [0, 0.05) is 19.0 Å². The van der Waals surface area contributed by atoms with Crippen LogP contribution < -0.4 is 16.0 Å². The molecule has 0 saturated carbocycles. The van der Waals surface area contributed by atoms with Gasteiger partial charge in [0.2, 0.25) is 11.8 Å². The van der Waals surface area contributed by atoms with E-state index in [-0.39, 0.29) is 43.4 Å². The van der Waals surface area contributed by atoms with Crippen LogP contribution in [0.3, 0.4) is 0 Å². The van der Waals surface area contributed by atoms with Gasteiger partial charge in [0.15, 0.2) is 0 Å². The van der Waals surface area contributed by atoms with Crippen molar-refractivity contribution in [2.45, 2.75) is 103 Å². The number of rotatable bonds is 17. The Morgan fingerprint density at radius 1 is 0.847 bits per heavy atom. The van der Waals surface area contributed by atoms with E-state index in [0.29, 0.717) is 38.6 Å². The number of benzene rings is 3. The van der Waals surface area contributed by atoms with Crippen molar-refractivity contribution in [2.75, 3.05) is 26.8 Å². The van der Waals surface area contributed by atoms with Crippen molar-refractivity contribution in [3.63, 3.8) is 0 Å². The fourth-order valence-corrected chi connectivity index (χ4v) is 7.85. The molecule has 1 heterocycles. The maximum atomic E-state index is 14.4. The van der Waals surface area contributed by atoms with Crippen LogP contribution in [0.15, 0.2) is 91.0 Å². The number of alkyl carbamates (subject to hydrolysis) is 2. The van der Waals surface area contributed by atoms with Gasteiger partial charge in [0.25, 0.3) is 0 Å². The highest BCUT2D eigenvalue weighted by Gasteiger charge is 2.38. The van der Waals surface area contributed by atoms with Gasteiger partial charge in [-0.2, -0.15) is 0 Å². The number of carbonyl (C=O) groups is 5. The van der Waals surface area contributed by atoms with Crippen LogP contribution in [0.25, 0.3) is 11.1 Å². The molecule has 1 saturated heterocycles. The Balaban J connectivity index is 1.18. The first-order valence-electron chi connectivity index (χ1n) is 20.7. The Morgan fingerprint density at radius 3 is 2.12 bits per heavy atom. The fourth-order valence-electron chi connectivity index (χ4n) is 7.85. The number of fused-ring (bicyclic) bond motifs is 3. The molecule has 2 aliphatic rings. The van der Waals surface area contributed by atoms with Crippen LogP contribution in [0.5, 0.6) is 0 Å². The number of hydrogen-bond donors (Lipinski definition) is 3. The number of methoxy groups -OCH3 is 1. The lowest BCUT2D eigenvalue weighted by Crippen LogP contribution is -2.52. The molecule has 3 N–H and O–H groups in total. The fraction of sp³-hybridized carbons (Fsp3) is 0.468. The van der Waals surface area contributed by atoms with Gasteiger partial charge in [0.05, 0.1) is 19.1 Å². The van der Waals surface area contributed by atoms with E-state index in [1.165, 1.54) is 7.11 Å². The predicted molar refractivity (Wildman–Crippen MR) is 226 cm³/mol. The monoisotopic (exact) mass is 808 g/mol. The second kappa shape index (κ2) is 20.9. The predicted octanol–water partition coefficient (Wildman–Crippen LogP) is 7.31. The van der Waals surface area contributed by atoms with Gasteiger partial charge in [-0.3, -0.25) is 9.59 Å². The number of esters is 1. The SMILES string of the molecule is COC(=O)C(CCCNC(=O)OCC1c2ccccc2-c2ccccc21)NC(=O)C1CCCN1C(=O)[C@H](/C=C/[C@H](CC(C)C)NC(=O)OC(C)(C)C)Cc1ccccc1. The van der Waals surface area contributed by atoms with Crippen LogP contribution in [0.4, 0.5) is 9.59 Å². The molecule has 59 heavy (non-hydrogen) atoms. The Labute approximate surface area is 348 Å². The van der Waals surface area contributed by atoms with Gasteiger partial charge < -0.3 is 35.1 Å². The third kappa shape index (κ3) is 12.7. The number of ether oxygens (including phenoxy) is 3. The minimum absolute atomic E-state index is 0.0679. The lowest BCUT2D eigenvalue weighted by molar-refractivity contribution is -0.146. The van der Waals surface area contributed by atoms with Crippen LogP contribution in [-0.2, 0) is 35.0 Å². The molecule has 0 radical (unpaired) electrons. The molecule has 3 aromatic carbocycles. The summed E-state index contributed by atoms with van der Waals surface area (Å²) in [7, 11) is 1.26. The smallest absolute Gasteiger partial charge is 0.408 e. The molecule has 5 rings (SSSR count). The van der Waals surface area contributed by atoms with Crippen LogP contribution >= 0.6 is 0 Å². The molecule has 1 aliphatic carbocycles. The van der Waals surface area contributed by atoms with Crippen LogP contribution in [0.2, 0.25) is 0 Å². The Bertz CT molecular complexity index is 1900. The molecule has 4 amide bonds. The lowest BCUT2D eigenvalue weighted by atomic mass is 9.95. The number of likely N-dealkylation sites (tertiary alicyclic amines) is 1. The molecular weight excluding hydrogens is 749 g/mol. The van der Waals surface area contributed by atoms with E-state index in [4.69, 9.17) is 14.2 Å². The zero-order chi connectivity index (χ0) is 42.5. The molecule has 0 spiro atoms. The summed E-state index contributed by atoms with van der Waals surface area (Å²) in [5.41, 5.74) is 4.80. The highest BCUT2D eigenvalue weighted by molar-refractivity contribution is 5.92. The van der Waals surface area contributed by atoms with Crippen molar-refractivity contribution in [1.29, 1.82) is 0 Å². The quantitative estimate of drug-likeness (QED) is 0.0556. The summed E-state index contributed by atoms with van der Waals surface area (Å²) in [6, 6.07) is 23.7. The molecule has 316 valence electrons. The normalized spacial score (nSPS) is 16.5. The summed E-state index contributed by atoms with van der Waals surface area (Å²) in [5.74, 6) is -1.72. The second-order valence-electron chi connectivity index (χ2n) is 16.7. The van der Waals surface area contributed by atoms with Gasteiger partial charge in [0.1, 0.15) is 24.3 Å². The number of hydrogen-bond acceptors (Lipinski definition) is 8. The summed E-state index contributed by atoms with van der Waals surface area (Å²) in [6.45, 7) is 10.3. The number of nitrogens with one attached hydrogen (secondary N) is 3. The molecule has 12 heteroatoms. The van der Waals surface area contributed by atoms with E-state index in [0.717, 1.165) is 27.8 Å². The topological polar surface area (TPSA) is 152 Å². The molecule has 12 nitrogen and oxygen atoms in total.